The molecule has 0 radical (unpaired) electrons. The summed E-state index contributed by atoms with van der Waals surface area (Å²) in [5, 5.41) is 9.16. The van der Waals surface area contributed by atoms with Crippen molar-refractivity contribution in [1.29, 1.82) is 0 Å². The Morgan fingerprint density at radius 2 is 2.30 bits per heavy atom. The number of hydrogen-bond acceptors (Lipinski definition) is 3. The van der Waals surface area contributed by atoms with Crippen molar-refractivity contribution in [3.05, 3.63) is 0 Å². The third-order valence-corrected chi connectivity index (χ3v) is 1.74. The molecule has 1 rings (SSSR count). The highest BCUT2D eigenvalue weighted by Crippen LogP contribution is 2.05. The van der Waals surface area contributed by atoms with Gasteiger partial charge >= 0.3 is 0 Å². The molecule has 3 nitrogen and oxygen atoms in total. The minimum Gasteiger partial charge on any atom is -0.389 e. The van der Waals surface area contributed by atoms with Gasteiger partial charge in [0, 0.05) is 12.6 Å². The summed E-state index contributed by atoms with van der Waals surface area (Å²) in [6.07, 6.45) is -0.295. The summed E-state index contributed by atoms with van der Waals surface area (Å²) >= 11 is 0. The minimum atomic E-state index is -0.295. The average Bonchev–Trinajstić information content (AvgIpc) is 1.88. The maximum atomic E-state index is 9.16. The van der Waals surface area contributed by atoms with Crippen molar-refractivity contribution in [2.45, 2.75) is 26.0 Å². The summed E-state index contributed by atoms with van der Waals surface area (Å²) in [5.41, 5.74) is 0. The van der Waals surface area contributed by atoms with Gasteiger partial charge in [0.25, 0.3) is 0 Å². The fourth-order valence-corrected chi connectivity index (χ4v) is 1.04. The highest BCUT2D eigenvalue weighted by Gasteiger charge is 2.19. The summed E-state index contributed by atoms with van der Waals surface area (Å²) in [6, 6.07) is 0.468. The normalized spacial score (nSPS) is 29.4. The van der Waals surface area contributed by atoms with E-state index < -0.39 is 0 Å². The molecule has 1 saturated heterocycles. The molecule has 10 heavy (non-hydrogen) atoms. The van der Waals surface area contributed by atoms with Gasteiger partial charge in [0.15, 0.2) is 0 Å². The second-order valence-electron chi connectivity index (χ2n) is 3.02. The van der Waals surface area contributed by atoms with E-state index in [2.05, 4.69) is 18.7 Å². The zero-order valence-corrected chi connectivity index (χ0v) is 6.58. The molecular weight excluding hydrogens is 130 g/mol. The third-order valence-electron chi connectivity index (χ3n) is 1.74. The fraction of sp³-hybridized carbons (Fsp3) is 1.00. The molecule has 0 aliphatic carbocycles. The molecule has 0 spiro atoms. The Balaban J connectivity index is 2.32. The molecule has 1 aliphatic rings. The van der Waals surface area contributed by atoms with Gasteiger partial charge in [0.05, 0.1) is 19.4 Å². The van der Waals surface area contributed by atoms with E-state index in [0.29, 0.717) is 19.4 Å². The average molecular weight is 145 g/mol. The van der Waals surface area contributed by atoms with Crippen molar-refractivity contribution < 1.29 is 9.84 Å². The van der Waals surface area contributed by atoms with Crippen molar-refractivity contribution in [2.24, 2.45) is 0 Å². The second-order valence-corrected chi connectivity index (χ2v) is 3.02. The summed E-state index contributed by atoms with van der Waals surface area (Å²) < 4.78 is 5.13. The SMILES string of the molecule is CC(C)N1COCC(O)C1. The lowest BCUT2D eigenvalue weighted by molar-refractivity contribution is -0.0924. The topological polar surface area (TPSA) is 32.7 Å². The predicted molar refractivity (Wildman–Crippen MR) is 38.7 cm³/mol. The summed E-state index contributed by atoms with van der Waals surface area (Å²) in [7, 11) is 0. The van der Waals surface area contributed by atoms with Crippen molar-refractivity contribution in [3.63, 3.8) is 0 Å². The summed E-state index contributed by atoms with van der Waals surface area (Å²) in [5.74, 6) is 0. The minimum absolute atomic E-state index is 0.295. The lowest BCUT2D eigenvalue weighted by atomic mass is 10.2. The summed E-state index contributed by atoms with van der Waals surface area (Å²) in [6.45, 7) is 6.10. The Labute approximate surface area is 61.6 Å². The molecule has 0 aromatic rings. The van der Waals surface area contributed by atoms with E-state index in [1.807, 2.05) is 0 Å². The molecule has 60 valence electrons. The van der Waals surface area contributed by atoms with E-state index in [1.165, 1.54) is 0 Å². The number of rotatable bonds is 1. The molecule has 1 N–H and O–H groups in total. The van der Waals surface area contributed by atoms with Gasteiger partial charge in [-0.15, -0.1) is 0 Å². The van der Waals surface area contributed by atoms with Crippen LogP contribution in [0.15, 0.2) is 0 Å². The van der Waals surface area contributed by atoms with Crippen molar-refractivity contribution >= 4 is 0 Å². The Hall–Kier alpha value is -0.120. The van der Waals surface area contributed by atoms with Crippen LogP contribution >= 0.6 is 0 Å². The molecule has 3 heteroatoms. The first-order valence-electron chi connectivity index (χ1n) is 3.70. The van der Waals surface area contributed by atoms with Gasteiger partial charge in [-0.2, -0.15) is 0 Å². The molecular formula is C7H15NO2. The molecule has 0 saturated carbocycles. The molecule has 0 aromatic heterocycles. The second kappa shape index (κ2) is 3.32. The van der Waals surface area contributed by atoms with E-state index in [4.69, 9.17) is 9.84 Å². The van der Waals surface area contributed by atoms with Crippen LogP contribution in [-0.4, -0.2) is 42.0 Å². The highest BCUT2D eigenvalue weighted by molar-refractivity contribution is 4.68. The van der Waals surface area contributed by atoms with Gasteiger partial charge in [-0.05, 0) is 13.8 Å². The molecule has 1 fully saturated rings. The zero-order valence-electron chi connectivity index (χ0n) is 6.58. The molecule has 0 bridgehead atoms. The quantitative estimate of drug-likeness (QED) is 0.565. The van der Waals surface area contributed by atoms with Crippen LogP contribution in [0, 0.1) is 0 Å². The van der Waals surface area contributed by atoms with Crippen molar-refractivity contribution in [2.75, 3.05) is 19.9 Å². The standard InChI is InChI=1S/C7H15NO2/c1-6(2)8-3-7(9)4-10-5-8/h6-7,9H,3-5H2,1-2H3. The number of hydrogen-bond donors (Lipinski definition) is 1. The molecule has 0 aromatic carbocycles. The van der Waals surface area contributed by atoms with Gasteiger partial charge in [0.2, 0.25) is 0 Å². The van der Waals surface area contributed by atoms with E-state index in [-0.39, 0.29) is 6.10 Å². The number of aliphatic hydroxyl groups is 1. The number of aliphatic hydroxyl groups excluding tert-OH is 1. The van der Waals surface area contributed by atoms with Crippen LogP contribution in [0.5, 0.6) is 0 Å². The Bertz CT molecular complexity index is 106. The van der Waals surface area contributed by atoms with E-state index in [9.17, 15) is 0 Å². The molecule has 1 aliphatic heterocycles. The van der Waals surface area contributed by atoms with E-state index in [1.54, 1.807) is 0 Å². The lowest BCUT2D eigenvalue weighted by Crippen LogP contribution is -2.45. The first kappa shape index (κ1) is 7.98. The van der Waals surface area contributed by atoms with Crippen molar-refractivity contribution in [1.82, 2.24) is 4.90 Å². The molecule has 0 amide bonds. The number of nitrogens with zero attached hydrogens (tertiary/aromatic N) is 1. The van der Waals surface area contributed by atoms with Gasteiger partial charge in [0.1, 0.15) is 0 Å². The monoisotopic (exact) mass is 145 g/mol. The molecule has 1 heterocycles. The van der Waals surface area contributed by atoms with Crippen LogP contribution < -0.4 is 0 Å². The van der Waals surface area contributed by atoms with Crippen LogP contribution in [-0.2, 0) is 4.74 Å². The van der Waals surface area contributed by atoms with Crippen LogP contribution in [0.25, 0.3) is 0 Å². The highest BCUT2D eigenvalue weighted by atomic mass is 16.5. The Morgan fingerprint density at radius 1 is 1.60 bits per heavy atom. The fourth-order valence-electron chi connectivity index (χ4n) is 1.04. The van der Waals surface area contributed by atoms with Crippen LogP contribution in [0.4, 0.5) is 0 Å². The Kier molecular flexibility index (Phi) is 2.65. The summed E-state index contributed by atoms with van der Waals surface area (Å²) in [4.78, 5) is 2.11. The van der Waals surface area contributed by atoms with Gasteiger partial charge in [-0.3, -0.25) is 4.90 Å². The smallest absolute Gasteiger partial charge is 0.0994 e. The maximum Gasteiger partial charge on any atom is 0.0994 e. The zero-order chi connectivity index (χ0) is 7.56. The third kappa shape index (κ3) is 1.94. The van der Waals surface area contributed by atoms with Gasteiger partial charge in [-0.1, -0.05) is 0 Å². The lowest BCUT2D eigenvalue weighted by Gasteiger charge is -2.32. The van der Waals surface area contributed by atoms with Gasteiger partial charge in [-0.25, -0.2) is 0 Å². The molecule has 1 atom stereocenters. The Morgan fingerprint density at radius 3 is 2.70 bits per heavy atom. The maximum absolute atomic E-state index is 9.16. The van der Waals surface area contributed by atoms with Crippen LogP contribution in [0.2, 0.25) is 0 Å². The van der Waals surface area contributed by atoms with Crippen LogP contribution in [0.1, 0.15) is 13.8 Å². The number of ether oxygens (including phenoxy) is 1. The largest absolute Gasteiger partial charge is 0.389 e. The predicted octanol–water partition coefficient (Wildman–Crippen LogP) is 0.0454. The first-order valence-corrected chi connectivity index (χ1v) is 3.70. The van der Waals surface area contributed by atoms with Crippen molar-refractivity contribution in [3.8, 4) is 0 Å². The first-order chi connectivity index (χ1) is 4.70. The van der Waals surface area contributed by atoms with E-state index in [0.717, 1.165) is 6.54 Å². The van der Waals surface area contributed by atoms with Gasteiger partial charge < -0.3 is 9.84 Å². The molecule has 1 unspecified atom stereocenters. The van der Waals surface area contributed by atoms with Crippen LogP contribution in [0.3, 0.4) is 0 Å². The number of β-amino-alcohol motifs (C(OH)–C–C–N with tert-alkyl or cyclic N) is 1. The van der Waals surface area contributed by atoms with E-state index >= 15 is 0 Å².